The van der Waals surface area contributed by atoms with Gasteiger partial charge in [-0.3, -0.25) is 9.10 Å². The van der Waals surface area contributed by atoms with Gasteiger partial charge in [0.05, 0.1) is 16.3 Å². The van der Waals surface area contributed by atoms with Crippen LogP contribution in [-0.2, 0) is 14.8 Å². The highest BCUT2D eigenvalue weighted by Gasteiger charge is 2.36. The molecule has 3 aromatic carbocycles. The van der Waals surface area contributed by atoms with Crippen LogP contribution in [0.2, 0.25) is 5.02 Å². The van der Waals surface area contributed by atoms with E-state index in [9.17, 15) is 13.2 Å². The summed E-state index contributed by atoms with van der Waals surface area (Å²) in [5.41, 5.74) is 4.25. The van der Waals surface area contributed by atoms with Crippen molar-refractivity contribution in [2.24, 2.45) is 5.10 Å². The minimum Gasteiger partial charge on any atom is -0.271 e. The molecule has 0 bridgehead atoms. The summed E-state index contributed by atoms with van der Waals surface area (Å²) in [5, 5.41) is 6.07. The third kappa shape index (κ3) is 3.12. The van der Waals surface area contributed by atoms with Gasteiger partial charge in [-0.05, 0) is 42.1 Å². The van der Waals surface area contributed by atoms with Crippen LogP contribution < -0.4 is 9.73 Å². The zero-order chi connectivity index (χ0) is 19.9. The van der Waals surface area contributed by atoms with Crippen LogP contribution in [0.25, 0.3) is 10.8 Å². The van der Waals surface area contributed by atoms with E-state index in [1.54, 1.807) is 49.4 Å². The Bertz CT molecular complexity index is 1230. The Morgan fingerprint density at radius 1 is 1.11 bits per heavy atom. The number of nitrogens with one attached hydrogen (secondary N) is 1. The van der Waals surface area contributed by atoms with E-state index in [4.69, 9.17) is 11.6 Å². The van der Waals surface area contributed by atoms with Gasteiger partial charge in [0.25, 0.3) is 15.9 Å². The summed E-state index contributed by atoms with van der Waals surface area (Å²) >= 11 is 5.96. The number of hydrogen-bond donors (Lipinski definition) is 1. The van der Waals surface area contributed by atoms with E-state index in [0.717, 1.165) is 15.3 Å². The molecule has 0 atom stereocenters. The number of halogens is 1. The second-order valence-corrected chi connectivity index (χ2v) is 8.65. The number of carbonyl (C=O) groups is 1. The van der Waals surface area contributed by atoms with Crippen LogP contribution >= 0.6 is 11.6 Å². The van der Waals surface area contributed by atoms with Crippen LogP contribution in [-0.4, -0.2) is 26.6 Å². The van der Waals surface area contributed by atoms with Crippen LogP contribution in [0.1, 0.15) is 12.5 Å². The zero-order valence-electron chi connectivity index (χ0n) is 14.9. The lowest BCUT2D eigenvalue weighted by atomic mass is 10.1. The molecule has 1 aliphatic rings. The highest BCUT2D eigenvalue weighted by molar-refractivity contribution is 7.93. The molecule has 3 aromatic rings. The maximum atomic E-state index is 12.9. The molecule has 1 amide bonds. The summed E-state index contributed by atoms with van der Waals surface area (Å²) in [6, 6.07) is 17.5. The van der Waals surface area contributed by atoms with Crippen molar-refractivity contribution in [2.45, 2.75) is 11.8 Å². The van der Waals surface area contributed by atoms with Crippen LogP contribution in [0.3, 0.4) is 0 Å². The zero-order valence-corrected chi connectivity index (χ0v) is 16.5. The summed E-state index contributed by atoms with van der Waals surface area (Å²) in [5.74, 6) is -0.533. The third-order valence-corrected chi connectivity index (χ3v) is 6.60. The molecule has 0 saturated heterocycles. The number of anilines is 1. The summed E-state index contributed by atoms with van der Waals surface area (Å²) in [6.07, 6.45) is 0. The molecule has 1 aliphatic heterocycles. The first-order valence-electron chi connectivity index (χ1n) is 8.51. The summed E-state index contributed by atoms with van der Waals surface area (Å²) in [4.78, 5) is 12.6. The van der Waals surface area contributed by atoms with Gasteiger partial charge in [-0.25, -0.2) is 13.8 Å². The Morgan fingerprint density at radius 3 is 2.57 bits per heavy atom. The van der Waals surface area contributed by atoms with E-state index in [-0.39, 0.29) is 11.4 Å². The quantitative estimate of drug-likeness (QED) is 0.524. The minimum absolute atomic E-state index is 0.215. The fraction of sp³-hybridized carbons (Fsp3) is 0.100. The fourth-order valence-corrected chi connectivity index (χ4v) is 5.08. The molecule has 0 radical (unpaired) electrons. The highest BCUT2D eigenvalue weighted by Crippen LogP contribution is 2.41. The maximum Gasteiger partial charge on any atom is 0.265 e. The number of amides is 1. The summed E-state index contributed by atoms with van der Waals surface area (Å²) in [7, 11) is -3.78. The van der Waals surface area contributed by atoms with E-state index >= 15 is 0 Å². The first-order chi connectivity index (χ1) is 13.4. The molecule has 1 N–H and O–H groups in total. The lowest BCUT2D eigenvalue weighted by molar-refractivity contribution is -0.119. The Hall–Kier alpha value is -2.90. The number of sulfonamides is 1. The van der Waals surface area contributed by atoms with Crippen molar-refractivity contribution in [1.29, 1.82) is 0 Å². The highest BCUT2D eigenvalue weighted by atomic mass is 35.5. The van der Waals surface area contributed by atoms with Crippen molar-refractivity contribution in [1.82, 2.24) is 5.43 Å². The first kappa shape index (κ1) is 18.5. The van der Waals surface area contributed by atoms with Crippen molar-refractivity contribution in [3.8, 4) is 0 Å². The van der Waals surface area contributed by atoms with Gasteiger partial charge in [0.1, 0.15) is 6.54 Å². The van der Waals surface area contributed by atoms with E-state index in [0.29, 0.717) is 21.8 Å². The van der Waals surface area contributed by atoms with Crippen molar-refractivity contribution in [3.63, 3.8) is 0 Å². The van der Waals surface area contributed by atoms with Gasteiger partial charge in [-0.15, -0.1) is 0 Å². The lowest BCUT2D eigenvalue weighted by Crippen LogP contribution is -2.37. The van der Waals surface area contributed by atoms with Crippen molar-refractivity contribution >= 4 is 49.7 Å². The fourth-order valence-electron chi connectivity index (χ4n) is 3.22. The molecule has 4 rings (SSSR count). The Morgan fingerprint density at radius 2 is 1.82 bits per heavy atom. The number of hydrazone groups is 1. The molecule has 0 spiro atoms. The van der Waals surface area contributed by atoms with Crippen LogP contribution in [0.4, 0.5) is 5.69 Å². The largest absolute Gasteiger partial charge is 0.271 e. The molecular formula is C20H16ClN3O3S. The van der Waals surface area contributed by atoms with Gasteiger partial charge in [-0.1, -0.05) is 48.0 Å². The van der Waals surface area contributed by atoms with E-state index in [1.807, 2.05) is 18.2 Å². The Kier molecular flexibility index (Phi) is 4.56. The molecular weight excluding hydrogens is 398 g/mol. The predicted octanol–water partition coefficient (Wildman–Crippen LogP) is 3.54. The predicted molar refractivity (Wildman–Crippen MR) is 110 cm³/mol. The van der Waals surface area contributed by atoms with Crippen molar-refractivity contribution in [2.75, 3.05) is 10.8 Å². The maximum absolute atomic E-state index is 12.9. The molecule has 8 heteroatoms. The van der Waals surface area contributed by atoms with E-state index < -0.39 is 15.9 Å². The number of rotatable bonds is 4. The Balaban J connectivity index is 1.57. The molecule has 0 saturated carbocycles. The average Bonchev–Trinajstić information content (AvgIpc) is 2.89. The molecule has 1 heterocycles. The second-order valence-electron chi connectivity index (χ2n) is 6.39. The lowest BCUT2D eigenvalue weighted by Gasteiger charge is -2.17. The number of benzene rings is 3. The SMILES string of the molecule is C/C(=N/NC(=O)CN1c2cccc3cccc(c23)S1(=O)=O)c1cccc(Cl)c1. The topological polar surface area (TPSA) is 78.8 Å². The van der Waals surface area contributed by atoms with Crippen molar-refractivity contribution in [3.05, 3.63) is 71.2 Å². The molecule has 142 valence electrons. The first-order valence-corrected chi connectivity index (χ1v) is 10.3. The summed E-state index contributed by atoms with van der Waals surface area (Å²) in [6.45, 7) is 1.37. The van der Waals surface area contributed by atoms with Gasteiger partial charge in [0, 0.05) is 10.4 Å². The van der Waals surface area contributed by atoms with Crippen LogP contribution in [0.5, 0.6) is 0 Å². The normalized spacial score (nSPS) is 15.1. The van der Waals surface area contributed by atoms with Crippen LogP contribution in [0.15, 0.2) is 70.7 Å². The number of nitrogens with zero attached hydrogens (tertiary/aromatic N) is 2. The monoisotopic (exact) mass is 413 g/mol. The van der Waals surface area contributed by atoms with Gasteiger partial charge < -0.3 is 0 Å². The molecule has 6 nitrogen and oxygen atoms in total. The van der Waals surface area contributed by atoms with E-state index in [2.05, 4.69) is 10.5 Å². The van der Waals surface area contributed by atoms with E-state index in [1.165, 1.54) is 0 Å². The summed E-state index contributed by atoms with van der Waals surface area (Å²) < 4.78 is 26.9. The Labute approximate surface area is 167 Å². The molecule has 0 fully saturated rings. The average molecular weight is 414 g/mol. The molecule has 28 heavy (non-hydrogen) atoms. The van der Waals surface area contributed by atoms with Gasteiger partial charge in [-0.2, -0.15) is 5.10 Å². The molecule has 0 aromatic heterocycles. The van der Waals surface area contributed by atoms with Gasteiger partial charge >= 0.3 is 0 Å². The number of hydrogen-bond acceptors (Lipinski definition) is 4. The minimum atomic E-state index is -3.78. The van der Waals surface area contributed by atoms with Crippen LogP contribution in [0, 0.1) is 0 Å². The molecule has 0 unspecified atom stereocenters. The second kappa shape index (κ2) is 6.92. The smallest absolute Gasteiger partial charge is 0.265 e. The van der Waals surface area contributed by atoms with Gasteiger partial charge in [0.15, 0.2) is 0 Å². The third-order valence-electron chi connectivity index (χ3n) is 4.56. The molecule has 0 aliphatic carbocycles. The number of carbonyl (C=O) groups excluding carboxylic acids is 1. The standard InChI is InChI=1S/C20H16ClN3O3S/c1-13(15-7-2-8-16(21)11-15)22-23-19(25)12-24-17-9-3-5-14-6-4-10-18(20(14)17)28(24,26)27/h2-11H,12H2,1H3,(H,23,25)/b22-13-. The van der Waals surface area contributed by atoms with Crippen molar-refractivity contribution < 1.29 is 13.2 Å². The van der Waals surface area contributed by atoms with Gasteiger partial charge in [0.2, 0.25) is 0 Å².